The van der Waals surface area contributed by atoms with Gasteiger partial charge in [0.25, 0.3) is 0 Å². The molecule has 1 atom stereocenters. The number of halogens is 1. The van der Waals surface area contributed by atoms with Crippen molar-refractivity contribution in [3.63, 3.8) is 0 Å². The van der Waals surface area contributed by atoms with Crippen LogP contribution in [0.2, 0.25) is 0 Å². The number of nitriles is 1. The number of allylic oxidation sites excluding steroid dienone is 2. The predicted molar refractivity (Wildman–Crippen MR) is 73.8 cm³/mol. The van der Waals surface area contributed by atoms with Crippen molar-refractivity contribution in [1.29, 1.82) is 5.26 Å². The first kappa shape index (κ1) is 11.5. The van der Waals surface area contributed by atoms with Crippen LogP contribution in [-0.4, -0.2) is 9.61 Å². The van der Waals surface area contributed by atoms with Crippen molar-refractivity contribution in [3.05, 3.63) is 40.6 Å². The van der Waals surface area contributed by atoms with Gasteiger partial charge in [-0.2, -0.15) is 10.4 Å². The second kappa shape index (κ2) is 4.58. The van der Waals surface area contributed by atoms with Gasteiger partial charge in [-0.25, -0.2) is 4.52 Å². The summed E-state index contributed by atoms with van der Waals surface area (Å²) in [5, 5.41) is 13.2. The summed E-state index contributed by atoms with van der Waals surface area (Å²) in [6.07, 6.45) is 8.75. The van der Waals surface area contributed by atoms with Gasteiger partial charge in [0.15, 0.2) is 0 Å². The van der Waals surface area contributed by atoms with Crippen molar-refractivity contribution in [2.24, 2.45) is 5.92 Å². The summed E-state index contributed by atoms with van der Waals surface area (Å²) in [7, 11) is 0. The van der Waals surface area contributed by atoms with E-state index in [1.54, 1.807) is 0 Å². The number of hydrogen-bond donors (Lipinski definition) is 0. The summed E-state index contributed by atoms with van der Waals surface area (Å²) in [4.78, 5) is 0. The first-order chi connectivity index (χ1) is 8.79. The molecule has 1 aliphatic rings. The highest BCUT2D eigenvalue weighted by molar-refractivity contribution is 9.10. The summed E-state index contributed by atoms with van der Waals surface area (Å²) < 4.78 is 2.90. The molecule has 0 N–H and O–H groups in total. The number of nitrogens with zero attached hydrogens (tertiary/aromatic N) is 3. The van der Waals surface area contributed by atoms with Crippen LogP contribution in [0.25, 0.3) is 11.1 Å². The standard InChI is InChI=1S/C14H12BrN3/c15-13-9-17-18-7-1-2-12(14(13)18)11-5-3-10(8-16)4-6-11/h1-2,5,7,9-10H,3-4,6H2. The molecule has 2 heterocycles. The van der Waals surface area contributed by atoms with E-state index in [1.807, 2.05) is 23.0 Å². The molecule has 0 spiro atoms. The Morgan fingerprint density at radius 1 is 1.50 bits per heavy atom. The highest BCUT2D eigenvalue weighted by atomic mass is 79.9. The molecule has 0 bridgehead atoms. The molecular weight excluding hydrogens is 290 g/mol. The molecule has 4 heteroatoms. The fourth-order valence-electron chi connectivity index (χ4n) is 2.46. The number of fused-ring (bicyclic) bond motifs is 1. The Balaban J connectivity index is 2.08. The average Bonchev–Trinajstić information content (AvgIpc) is 2.81. The topological polar surface area (TPSA) is 41.1 Å². The van der Waals surface area contributed by atoms with E-state index in [0.717, 1.165) is 29.3 Å². The summed E-state index contributed by atoms with van der Waals surface area (Å²) in [6.45, 7) is 0. The van der Waals surface area contributed by atoms with Crippen molar-refractivity contribution < 1.29 is 0 Å². The number of aromatic nitrogens is 2. The Bertz CT molecular complexity index is 663. The summed E-state index contributed by atoms with van der Waals surface area (Å²) >= 11 is 3.55. The van der Waals surface area contributed by atoms with Gasteiger partial charge in [0.1, 0.15) is 0 Å². The lowest BCUT2D eigenvalue weighted by atomic mass is 9.87. The van der Waals surface area contributed by atoms with Crippen molar-refractivity contribution in [2.45, 2.75) is 19.3 Å². The van der Waals surface area contributed by atoms with Gasteiger partial charge in [-0.3, -0.25) is 0 Å². The molecule has 18 heavy (non-hydrogen) atoms. The van der Waals surface area contributed by atoms with E-state index in [-0.39, 0.29) is 5.92 Å². The van der Waals surface area contributed by atoms with Crippen molar-refractivity contribution in [3.8, 4) is 6.07 Å². The Morgan fingerprint density at radius 2 is 2.39 bits per heavy atom. The van der Waals surface area contributed by atoms with Gasteiger partial charge in [-0.15, -0.1) is 0 Å². The zero-order valence-corrected chi connectivity index (χ0v) is 11.4. The largest absolute Gasteiger partial charge is 0.239 e. The lowest BCUT2D eigenvalue weighted by molar-refractivity contribution is 0.604. The molecule has 3 rings (SSSR count). The molecule has 2 aromatic rings. The zero-order valence-electron chi connectivity index (χ0n) is 9.81. The number of hydrogen-bond acceptors (Lipinski definition) is 2. The van der Waals surface area contributed by atoms with Gasteiger partial charge in [0.05, 0.1) is 28.2 Å². The highest BCUT2D eigenvalue weighted by Crippen LogP contribution is 2.34. The third-order valence-electron chi connectivity index (χ3n) is 3.44. The fraction of sp³-hybridized carbons (Fsp3) is 0.286. The van der Waals surface area contributed by atoms with E-state index in [9.17, 15) is 0 Å². The lowest BCUT2D eigenvalue weighted by Gasteiger charge is -2.17. The van der Waals surface area contributed by atoms with E-state index >= 15 is 0 Å². The molecule has 0 aliphatic heterocycles. The third-order valence-corrected chi connectivity index (χ3v) is 4.02. The summed E-state index contributed by atoms with van der Waals surface area (Å²) in [6, 6.07) is 6.49. The van der Waals surface area contributed by atoms with Gasteiger partial charge in [0.2, 0.25) is 0 Å². The molecule has 0 fully saturated rings. The number of rotatable bonds is 1. The van der Waals surface area contributed by atoms with Crippen LogP contribution >= 0.6 is 15.9 Å². The maximum Gasteiger partial charge on any atom is 0.0878 e. The SMILES string of the molecule is N#CC1CC=C(c2cccn3ncc(Br)c23)CC1. The second-order valence-corrected chi connectivity index (χ2v) is 5.39. The molecule has 2 aromatic heterocycles. The van der Waals surface area contributed by atoms with Crippen LogP contribution in [0.4, 0.5) is 0 Å². The Labute approximate surface area is 114 Å². The van der Waals surface area contributed by atoms with Crippen molar-refractivity contribution in [2.75, 3.05) is 0 Å². The van der Waals surface area contributed by atoms with Crippen LogP contribution in [-0.2, 0) is 0 Å². The molecular formula is C14H12BrN3. The van der Waals surface area contributed by atoms with E-state index in [4.69, 9.17) is 5.26 Å². The van der Waals surface area contributed by atoms with Crippen LogP contribution in [0.5, 0.6) is 0 Å². The average molecular weight is 302 g/mol. The quantitative estimate of drug-likeness (QED) is 0.804. The minimum Gasteiger partial charge on any atom is -0.239 e. The van der Waals surface area contributed by atoms with E-state index in [2.05, 4.69) is 39.2 Å². The minimum absolute atomic E-state index is 0.182. The van der Waals surface area contributed by atoms with Gasteiger partial charge >= 0.3 is 0 Å². The first-order valence-electron chi connectivity index (χ1n) is 6.00. The van der Waals surface area contributed by atoms with Crippen LogP contribution in [0.3, 0.4) is 0 Å². The van der Waals surface area contributed by atoms with E-state index in [1.165, 1.54) is 11.1 Å². The molecule has 1 aliphatic carbocycles. The Morgan fingerprint density at radius 3 is 3.11 bits per heavy atom. The van der Waals surface area contributed by atoms with Crippen LogP contribution in [0.1, 0.15) is 24.8 Å². The van der Waals surface area contributed by atoms with Gasteiger partial charge in [-0.05, 0) is 46.8 Å². The van der Waals surface area contributed by atoms with Gasteiger partial charge < -0.3 is 0 Å². The number of pyridine rings is 1. The van der Waals surface area contributed by atoms with Gasteiger partial charge in [-0.1, -0.05) is 12.1 Å². The van der Waals surface area contributed by atoms with Crippen LogP contribution < -0.4 is 0 Å². The molecule has 90 valence electrons. The van der Waals surface area contributed by atoms with Crippen molar-refractivity contribution in [1.82, 2.24) is 9.61 Å². The maximum absolute atomic E-state index is 8.93. The third kappa shape index (κ3) is 1.85. The van der Waals surface area contributed by atoms with E-state index < -0.39 is 0 Å². The summed E-state index contributed by atoms with van der Waals surface area (Å²) in [5.74, 6) is 0.182. The normalized spacial score (nSPS) is 19.6. The molecule has 0 saturated carbocycles. The fourth-order valence-corrected chi connectivity index (χ4v) is 2.95. The Hall–Kier alpha value is -1.60. The molecule has 3 nitrogen and oxygen atoms in total. The van der Waals surface area contributed by atoms with Crippen LogP contribution in [0.15, 0.2) is 35.1 Å². The van der Waals surface area contributed by atoms with Crippen LogP contribution in [0, 0.1) is 17.2 Å². The molecule has 0 saturated heterocycles. The highest BCUT2D eigenvalue weighted by Gasteiger charge is 2.17. The first-order valence-corrected chi connectivity index (χ1v) is 6.80. The smallest absolute Gasteiger partial charge is 0.0878 e. The predicted octanol–water partition coefficient (Wildman–Crippen LogP) is 3.80. The van der Waals surface area contributed by atoms with Crippen molar-refractivity contribution >= 4 is 27.0 Å². The second-order valence-electron chi connectivity index (χ2n) is 4.54. The molecule has 0 amide bonds. The maximum atomic E-state index is 8.93. The molecule has 1 unspecified atom stereocenters. The minimum atomic E-state index is 0.182. The lowest BCUT2D eigenvalue weighted by Crippen LogP contribution is -2.03. The zero-order chi connectivity index (χ0) is 12.5. The molecule has 0 aromatic carbocycles. The Kier molecular flexibility index (Phi) is 2.92. The summed E-state index contributed by atoms with van der Waals surface area (Å²) in [5.41, 5.74) is 3.66. The van der Waals surface area contributed by atoms with Gasteiger partial charge in [0, 0.05) is 11.8 Å². The molecule has 0 radical (unpaired) electrons. The van der Waals surface area contributed by atoms with E-state index in [0.29, 0.717) is 0 Å². The monoisotopic (exact) mass is 301 g/mol.